The van der Waals surface area contributed by atoms with Crippen LogP contribution in [0, 0.1) is 6.42 Å². The standard InChI is InChI=1S/C28H29N2.2H2/c1-5-23(3)22-30-24(4)28(26-18-19-26)16-12-7-8-13-21-29-27(6-2)20-17-25-14-10-9-11-15-25;;/h5-6,8-11,14-16,18-19,21-22H,1-4,7,12,17,20H2;2*1H/b28-16-,29-27?,30-22?;;. The zero-order valence-corrected chi connectivity index (χ0v) is 17.6. The first kappa shape index (κ1) is 22.8. The van der Waals surface area contributed by atoms with Gasteiger partial charge in [0.1, 0.15) is 0 Å². The quantitative estimate of drug-likeness (QED) is 0.142. The fourth-order valence-corrected chi connectivity index (χ4v) is 2.61. The molecule has 0 saturated carbocycles. The van der Waals surface area contributed by atoms with Crippen LogP contribution in [0.1, 0.15) is 27.7 Å². The summed E-state index contributed by atoms with van der Waals surface area (Å²) in [6.45, 7) is 15.4. The Morgan fingerprint density at radius 2 is 1.83 bits per heavy atom. The molecule has 0 amide bonds. The average molecular weight is 398 g/mol. The molecule has 0 N–H and O–H groups in total. The average Bonchev–Trinajstić information content (AvgIpc) is 3.61. The van der Waals surface area contributed by atoms with Gasteiger partial charge in [-0.2, -0.15) is 0 Å². The third-order valence-corrected chi connectivity index (χ3v) is 4.43. The Morgan fingerprint density at radius 1 is 1.07 bits per heavy atom. The lowest BCUT2D eigenvalue weighted by atomic mass is 10.1. The molecular weight excluding hydrogens is 364 g/mol. The maximum atomic E-state index is 4.46. The zero-order valence-electron chi connectivity index (χ0n) is 17.6. The van der Waals surface area contributed by atoms with Crippen molar-refractivity contribution in [3.63, 3.8) is 0 Å². The van der Waals surface area contributed by atoms with Gasteiger partial charge in [0.15, 0.2) is 0 Å². The summed E-state index contributed by atoms with van der Waals surface area (Å²) >= 11 is 0. The van der Waals surface area contributed by atoms with Gasteiger partial charge in [0.05, 0.1) is 11.9 Å². The molecule has 0 unspecified atom stereocenters. The monoisotopic (exact) mass is 397 g/mol. The maximum Gasteiger partial charge on any atom is 0.0686 e. The van der Waals surface area contributed by atoms with E-state index in [0.29, 0.717) is 0 Å². The van der Waals surface area contributed by atoms with Crippen LogP contribution in [0.2, 0.25) is 0 Å². The first-order valence-electron chi connectivity index (χ1n) is 10.1. The molecule has 155 valence electrons. The van der Waals surface area contributed by atoms with Crippen LogP contribution >= 0.6 is 0 Å². The molecule has 1 aromatic rings. The highest BCUT2D eigenvalue weighted by molar-refractivity contribution is 5.95. The van der Waals surface area contributed by atoms with E-state index in [2.05, 4.69) is 84.9 Å². The molecule has 0 aliphatic heterocycles. The minimum absolute atomic E-state index is 0. The van der Waals surface area contributed by atoms with Crippen LogP contribution in [0.5, 0.6) is 0 Å². The van der Waals surface area contributed by atoms with E-state index in [1.165, 1.54) is 11.1 Å². The van der Waals surface area contributed by atoms with E-state index >= 15 is 0 Å². The number of aliphatic imine (C=N–C) groups is 2. The summed E-state index contributed by atoms with van der Waals surface area (Å²) < 4.78 is 0. The number of hydrogen-bond acceptors (Lipinski definition) is 2. The topological polar surface area (TPSA) is 24.7 Å². The summed E-state index contributed by atoms with van der Waals surface area (Å²) in [5.41, 5.74) is 9.14. The molecule has 0 bridgehead atoms. The number of allylic oxidation sites excluding steroid dienone is 7. The molecule has 0 fully saturated rings. The third kappa shape index (κ3) is 8.68. The van der Waals surface area contributed by atoms with Crippen molar-refractivity contribution < 1.29 is 2.85 Å². The molecule has 2 rings (SSSR count). The second-order valence-electron chi connectivity index (χ2n) is 6.78. The number of aryl methyl sites for hydroxylation is 1. The SMILES string of the molecule is C=CC(=C)C=NC(=C)/C(=C/CCC=C=CN=C(C=C)CCc1ccccc1)C1=C[CH]1.[HH].[HH]. The van der Waals surface area contributed by atoms with E-state index in [4.69, 9.17) is 0 Å². The van der Waals surface area contributed by atoms with Crippen LogP contribution in [-0.4, -0.2) is 11.9 Å². The minimum atomic E-state index is 0. The second kappa shape index (κ2) is 12.9. The highest BCUT2D eigenvalue weighted by Gasteiger charge is 2.15. The lowest BCUT2D eigenvalue weighted by Crippen LogP contribution is -1.95. The molecule has 0 saturated heterocycles. The van der Waals surface area contributed by atoms with Gasteiger partial charge >= 0.3 is 0 Å². The largest absolute Gasteiger partial charge is 0.256 e. The number of unbranched alkanes of at least 4 members (excludes halogenated alkanes) is 1. The predicted molar refractivity (Wildman–Crippen MR) is 136 cm³/mol. The Kier molecular flexibility index (Phi) is 9.79. The molecule has 0 heterocycles. The number of hydrogen-bond donors (Lipinski definition) is 0. The highest BCUT2D eigenvalue weighted by atomic mass is 14.7. The van der Waals surface area contributed by atoms with Gasteiger partial charge in [-0.25, -0.2) is 0 Å². The van der Waals surface area contributed by atoms with Crippen LogP contribution in [0.15, 0.2) is 131 Å². The summed E-state index contributed by atoms with van der Waals surface area (Å²) in [6, 6.07) is 10.4. The van der Waals surface area contributed by atoms with Gasteiger partial charge < -0.3 is 0 Å². The fourth-order valence-electron chi connectivity index (χ4n) is 2.61. The first-order valence-corrected chi connectivity index (χ1v) is 10.1. The van der Waals surface area contributed by atoms with Crippen molar-refractivity contribution in [2.75, 3.05) is 0 Å². The van der Waals surface area contributed by atoms with Gasteiger partial charge in [0.2, 0.25) is 0 Å². The Balaban J connectivity index is 0.00000480. The highest BCUT2D eigenvalue weighted by Crippen LogP contribution is 2.31. The summed E-state index contributed by atoms with van der Waals surface area (Å²) in [5.74, 6) is 0. The number of benzene rings is 1. The molecule has 0 spiro atoms. The van der Waals surface area contributed by atoms with Crippen molar-refractivity contribution in [3.05, 3.63) is 133 Å². The summed E-state index contributed by atoms with van der Waals surface area (Å²) in [5, 5.41) is 0. The van der Waals surface area contributed by atoms with E-state index < -0.39 is 0 Å². The number of rotatable bonds is 13. The van der Waals surface area contributed by atoms with Gasteiger partial charge in [0, 0.05) is 21.2 Å². The molecule has 30 heavy (non-hydrogen) atoms. The maximum absolute atomic E-state index is 4.46. The smallest absolute Gasteiger partial charge is 0.0686 e. The van der Waals surface area contributed by atoms with Gasteiger partial charge in [0.25, 0.3) is 0 Å². The summed E-state index contributed by atoms with van der Waals surface area (Å²) in [6.07, 6.45) is 18.7. The first-order chi connectivity index (χ1) is 14.6. The fraction of sp³-hybridized carbons (Fsp3) is 0.143. The summed E-state index contributed by atoms with van der Waals surface area (Å²) in [7, 11) is 0. The van der Waals surface area contributed by atoms with Crippen molar-refractivity contribution >= 4 is 11.9 Å². The van der Waals surface area contributed by atoms with E-state index in [1.807, 2.05) is 18.2 Å². The lowest BCUT2D eigenvalue weighted by Gasteiger charge is -2.02. The van der Waals surface area contributed by atoms with E-state index in [0.717, 1.165) is 48.2 Å². The van der Waals surface area contributed by atoms with E-state index in [9.17, 15) is 0 Å². The Morgan fingerprint density at radius 3 is 2.50 bits per heavy atom. The van der Waals surface area contributed by atoms with Crippen molar-refractivity contribution in [1.82, 2.24) is 0 Å². The van der Waals surface area contributed by atoms with Crippen LogP contribution in [0.4, 0.5) is 0 Å². The van der Waals surface area contributed by atoms with Crippen molar-refractivity contribution in [2.45, 2.75) is 25.7 Å². The van der Waals surface area contributed by atoms with Crippen LogP contribution in [0.25, 0.3) is 0 Å². The zero-order chi connectivity index (χ0) is 21.6. The van der Waals surface area contributed by atoms with Crippen LogP contribution in [0.3, 0.4) is 0 Å². The molecule has 0 atom stereocenters. The third-order valence-electron chi connectivity index (χ3n) is 4.43. The lowest BCUT2D eigenvalue weighted by molar-refractivity contribution is 1.04. The molecule has 2 nitrogen and oxygen atoms in total. The Hall–Kier alpha value is -3.48. The van der Waals surface area contributed by atoms with Crippen LogP contribution in [-0.2, 0) is 6.42 Å². The predicted octanol–water partition coefficient (Wildman–Crippen LogP) is 7.58. The molecule has 2 heteroatoms. The molecule has 1 aliphatic carbocycles. The molecule has 1 aliphatic rings. The van der Waals surface area contributed by atoms with Crippen molar-refractivity contribution in [1.29, 1.82) is 0 Å². The molecular formula is C28H33N2. The molecule has 1 radical (unpaired) electrons. The van der Waals surface area contributed by atoms with Gasteiger partial charge in [-0.15, -0.1) is 5.73 Å². The van der Waals surface area contributed by atoms with Crippen molar-refractivity contribution in [3.8, 4) is 0 Å². The summed E-state index contributed by atoms with van der Waals surface area (Å²) in [4.78, 5) is 8.83. The second-order valence-corrected chi connectivity index (χ2v) is 6.78. The Bertz CT molecular complexity index is 970. The Labute approximate surface area is 184 Å². The number of nitrogens with zero attached hydrogens (tertiary/aromatic N) is 2. The normalized spacial score (nSPS) is 13.3. The van der Waals surface area contributed by atoms with Crippen molar-refractivity contribution in [2.24, 2.45) is 9.98 Å². The van der Waals surface area contributed by atoms with Gasteiger partial charge in [-0.05, 0) is 60.1 Å². The molecule has 0 aromatic heterocycles. The van der Waals surface area contributed by atoms with E-state index in [-0.39, 0.29) is 2.85 Å². The van der Waals surface area contributed by atoms with Crippen LogP contribution < -0.4 is 0 Å². The van der Waals surface area contributed by atoms with E-state index in [1.54, 1.807) is 18.5 Å². The van der Waals surface area contributed by atoms with Gasteiger partial charge in [-0.3, -0.25) is 9.98 Å². The molecule has 1 aromatic carbocycles. The van der Waals surface area contributed by atoms with Gasteiger partial charge in [-0.1, -0.05) is 74.9 Å². The minimum Gasteiger partial charge on any atom is -0.256 e.